The summed E-state index contributed by atoms with van der Waals surface area (Å²) in [7, 11) is 0. The summed E-state index contributed by atoms with van der Waals surface area (Å²) < 4.78 is 0. The third kappa shape index (κ3) is 3.72. The number of hydrogen-bond donors (Lipinski definition) is 1. The number of nitrogens with one attached hydrogen (secondary N) is 1. The number of anilines is 1. The van der Waals surface area contributed by atoms with Crippen LogP contribution in [0.5, 0.6) is 0 Å². The second-order valence-electron chi connectivity index (χ2n) is 4.67. The van der Waals surface area contributed by atoms with Gasteiger partial charge < -0.3 is 15.1 Å². The summed E-state index contributed by atoms with van der Waals surface area (Å²) in [6, 6.07) is 6.65. The third-order valence-electron chi connectivity index (χ3n) is 3.24. The van der Waals surface area contributed by atoms with E-state index in [-0.39, 0.29) is 12.5 Å². The maximum atomic E-state index is 11.9. The van der Waals surface area contributed by atoms with Crippen molar-refractivity contribution in [3.8, 4) is 0 Å². The van der Waals surface area contributed by atoms with E-state index in [1.165, 1.54) is 9.80 Å². The van der Waals surface area contributed by atoms with Gasteiger partial charge in [0.25, 0.3) is 0 Å². The van der Waals surface area contributed by atoms with Crippen molar-refractivity contribution < 1.29 is 14.4 Å². The van der Waals surface area contributed by atoms with Crippen LogP contribution in [0.15, 0.2) is 24.3 Å². The van der Waals surface area contributed by atoms with E-state index < -0.39 is 11.8 Å². The van der Waals surface area contributed by atoms with Crippen molar-refractivity contribution in [1.29, 1.82) is 0 Å². The van der Waals surface area contributed by atoms with E-state index in [1.807, 2.05) is 6.92 Å². The molecular formula is C14H16ClN3O3. The summed E-state index contributed by atoms with van der Waals surface area (Å²) in [5, 5.41) is 3.23. The zero-order chi connectivity index (χ0) is 15.4. The molecule has 1 heterocycles. The molecule has 0 atom stereocenters. The largest absolute Gasteiger partial charge is 0.333 e. The lowest BCUT2D eigenvalue weighted by Crippen LogP contribution is -2.55. The van der Waals surface area contributed by atoms with Crippen LogP contribution in [0.1, 0.15) is 6.92 Å². The summed E-state index contributed by atoms with van der Waals surface area (Å²) in [6.45, 7) is 3.00. The van der Waals surface area contributed by atoms with Crippen LogP contribution >= 0.6 is 11.6 Å². The minimum atomic E-state index is -0.630. The van der Waals surface area contributed by atoms with Gasteiger partial charge in [0, 0.05) is 30.3 Å². The van der Waals surface area contributed by atoms with Crippen molar-refractivity contribution in [2.45, 2.75) is 6.92 Å². The normalized spacial score (nSPS) is 15.3. The lowest BCUT2D eigenvalue weighted by Gasteiger charge is -2.32. The molecule has 0 aliphatic carbocycles. The number of rotatable bonds is 4. The van der Waals surface area contributed by atoms with Crippen LogP contribution in [-0.2, 0) is 14.4 Å². The molecule has 0 aromatic heterocycles. The fourth-order valence-electron chi connectivity index (χ4n) is 2.07. The van der Waals surface area contributed by atoms with Crippen molar-refractivity contribution in [2.75, 3.05) is 31.5 Å². The van der Waals surface area contributed by atoms with E-state index in [9.17, 15) is 14.4 Å². The van der Waals surface area contributed by atoms with Gasteiger partial charge >= 0.3 is 11.8 Å². The van der Waals surface area contributed by atoms with Crippen LogP contribution in [0, 0.1) is 0 Å². The van der Waals surface area contributed by atoms with E-state index in [1.54, 1.807) is 24.3 Å². The Hall–Kier alpha value is -2.08. The third-order valence-corrected chi connectivity index (χ3v) is 3.49. The Balaban J connectivity index is 1.92. The molecule has 1 aromatic carbocycles. The quantitative estimate of drug-likeness (QED) is 0.843. The number of piperazine rings is 1. The second-order valence-corrected chi connectivity index (χ2v) is 5.10. The molecule has 1 aliphatic heterocycles. The molecule has 21 heavy (non-hydrogen) atoms. The second kappa shape index (κ2) is 6.58. The summed E-state index contributed by atoms with van der Waals surface area (Å²) in [5.41, 5.74) is 0.593. The van der Waals surface area contributed by atoms with E-state index in [4.69, 9.17) is 11.6 Å². The Bertz CT molecular complexity index is 559. The number of hydrogen-bond acceptors (Lipinski definition) is 3. The fourth-order valence-corrected chi connectivity index (χ4v) is 2.20. The first-order valence-corrected chi connectivity index (χ1v) is 7.02. The first kappa shape index (κ1) is 15.3. The minimum absolute atomic E-state index is 0.134. The van der Waals surface area contributed by atoms with Crippen molar-refractivity contribution in [2.24, 2.45) is 0 Å². The number of carbonyl (C=O) groups is 3. The summed E-state index contributed by atoms with van der Waals surface area (Å²) >= 11 is 5.76. The Morgan fingerprint density at radius 1 is 1.14 bits per heavy atom. The van der Waals surface area contributed by atoms with Gasteiger partial charge in [0.1, 0.15) is 6.54 Å². The van der Waals surface area contributed by atoms with Gasteiger partial charge in [-0.3, -0.25) is 14.4 Å². The molecule has 1 aliphatic rings. The van der Waals surface area contributed by atoms with Gasteiger partial charge in [-0.2, -0.15) is 0 Å². The zero-order valence-electron chi connectivity index (χ0n) is 11.6. The average Bonchev–Trinajstić information content (AvgIpc) is 2.47. The van der Waals surface area contributed by atoms with Crippen molar-refractivity contribution in [1.82, 2.24) is 9.80 Å². The Morgan fingerprint density at radius 3 is 2.33 bits per heavy atom. The smallest absolute Gasteiger partial charge is 0.312 e. The maximum absolute atomic E-state index is 11.9. The number of halogens is 1. The van der Waals surface area contributed by atoms with Crippen molar-refractivity contribution in [3.05, 3.63) is 29.3 Å². The van der Waals surface area contributed by atoms with E-state index in [0.717, 1.165) is 0 Å². The monoisotopic (exact) mass is 309 g/mol. The van der Waals surface area contributed by atoms with Gasteiger partial charge in [0.2, 0.25) is 5.91 Å². The SMILES string of the molecule is CCN1CCN(CC(=O)Nc2ccc(Cl)cc2)C(=O)C1=O. The Labute approximate surface area is 127 Å². The molecule has 2 rings (SSSR count). The van der Waals surface area contributed by atoms with Crippen LogP contribution in [-0.4, -0.2) is 53.7 Å². The predicted molar refractivity (Wildman–Crippen MR) is 78.9 cm³/mol. The van der Waals surface area contributed by atoms with Crippen molar-refractivity contribution in [3.63, 3.8) is 0 Å². The van der Waals surface area contributed by atoms with Crippen LogP contribution in [0.4, 0.5) is 5.69 Å². The lowest BCUT2D eigenvalue weighted by atomic mass is 10.2. The van der Waals surface area contributed by atoms with Crippen LogP contribution < -0.4 is 5.32 Å². The first-order valence-electron chi connectivity index (χ1n) is 6.65. The van der Waals surface area contributed by atoms with Gasteiger partial charge in [-0.25, -0.2) is 0 Å². The standard InChI is InChI=1S/C14H16ClN3O3/c1-2-17-7-8-18(14(21)13(17)20)9-12(19)16-11-5-3-10(15)4-6-11/h3-6H,2,7-9H2,1H3,(H,16,19). The van der Waals surface area contributed by atoms with E-state index in [0.29, 0.717) is 30.3 Å². The molecule has 6 nitrogen and oxygen atoms in total. The van der Waals surface area contributed by atoms with E-state index in [2.05, 4.69) is 5.32 Å². The highest BCUT2D eigenvalue weighted by atomic mass is 35.5. The summed E-state index contributed by atoms with van der Waals surface area (Å²) in [6.07, 6.45) is 0. The predicted octanol–water partition coefficient (Wildman–Crippen LogP) is 0.969. The fraction of sp³-hybridized carbons (Fsp3) is 0.357. The minimum Gasteiger partial charge on any atom is -0.333 e. The zero-order valence-corrected chi connectivity index (χ0v) is 12.4. The molecule has 3 amide bonds. The molecular weight excluding hydrogens is 294 g/mol. The first-order chi connectivity index (χ1) is 10.0. The maximum Gasteiger partial charge on any atom is 0.312 e. The molecule has 1 fully saturated rings. The van der Waals surface area contributed by atoms with Gasteiger partial charge in [-0.15, -0.1) is 0 Å². The molecule has 112 valence electrons. The number of amides is 3. The van der Waals surface area contributed by atoms with E-state index >= 15 is 0 Å². The Kier molecular flexibility index (Phi) is 4.80. The van der Waals surface area contributed by atoms with Gasteiger partial charge in [-0.05, 0) is 31.2 Å². The van der Waals surface area contributed by atoms with Gasteiger partial charge in [-0.1, -0.05) is 11.6 Å². The van der Waals surface area contributed by atoms with Crippen LogP contribution in [0.2, 0.25) is 5.02 Å². The number of nitrogens with zero attached hydrogens (tertiary/aromatic N) is 2. The summed E-state index contributed by atoms with van der Waals surface area (Å²) in [4.78, 5) is 38.2. The Morgan fingerprint density at radius 2 is 1.71 bits per heavy atom. The molecule has 0 bridgehead atoms. The van der Waals surface area contributed by atoms with Crippen LogP contribution in [0.25, 0.3) is 0 Å². The highest BCUT2D eigenvalue weighted by Gasteiger charge is 2.32. The van der Waals surface area contributed by atoms with Crippen LogP contribution in [0.3, 0.4) is 0 Å². The highest BCUT2D eigenvalue weighted by Crippen LogP contribution is 2.13. The molecule has 7 heteroatoms. The van der Waals surface area contributed by atoms with Gasteiger partial charge in [0.05, 0.1) is 0 Å². The molecule has 0 unspecified atom stereocenters. The average molecular weight is 310 g/mol. The molecule has 1 N–H and O–H groups in total. The molecule has 0 radical (unpaired) electrons. The molecule has 0 saturated carbocycles. The number of benzene rings is 1. The summed E-state index contributed by atoms with van der Waals surface area (Å²) in [5.74, 6) is -1.53. The highest BCUT2D eigenvalue weighted by molar-refractivity contribution is 6.35. The number of carbonyl (C=O) groups excluding carboxylic acids is 3. The molecule has 0 spiro atoms. The molecule has 1 aromatic rings. The topological polar surface area (TPSA) is 69.7 Å². The lowest BCUT2D eigenvalue weighted by molar-refractivity contribution is -0.156. The van der Waals surface area contributed by atoms with Gasteiger partial charge in [0.15, 0.2) is 0 Å². The number of likely N-dealkylation sites (N-methyl/N-ethyl adjacent to an activating group) is 1. The molecule has 1 saturated heterocycles. The van der Waals surface area contributed by atoms with Crippen molar-refractivity contribution >= 4 is 35.0 Å².